The van der Waals surface area contributed by atoms with Crippen LogP contribution in [0.3, 0.4) is 0 Å². The van der Waals surface area contributed by atoms with Gasteiger partial charge in [0, 0.05) is 44.7 Å². The first-order chi connectivity index (χ1) is 13.3. The van der Waals surface area contributed by atoms with Crippen molar-refractivity contribution in [3.63, 3.8) is 0 Å². The van der Waals surface area contributed by atoms with E-state index in [1.54, 1.807) is 35.9 Å². The van der Waals surface area contributed by atoms with Gasteiger partial charge in [-0.2, -0.15) is 0 Å². The van der Waals surface area contributed by atoms with Gasteiger partial charge in [-0.3, -0.25) is 9.78 Å². The number of carbonyl (C=O) groups excluding carboxylic acids is 2. The van der Waals surface area contributed by atoms with E-state index in [4.69, 9.17) is 0 Å². The van der Waals surface area contributed by atoms with Gasteiger partial charge in [0.25, 0.3) is 0 Å². The van der Waals surface area contributed by atoms with E-state index in [1.807, 2.05) is 0 Å². The number of carbonyl (C=O) groups is 2. The molecule has 0 saturated carbocycles. The molecule has 3 rings (SSSR count). The molecule has 2 aromatic rings. The van der Waals surface area contributed by atoms with Crippen LogP contribution in [0.1, 0.15) is 19.8 Å². The highest BCUT2D eigenvalue weighted by atomic mass is 19.1. The van der Waals surface area contributed by atoms with E-state index in [2.05, 4.69) is 10.3 Å². The number of pyridine rings is 1. The van der Waals surface area contributed by atoms with Crippen LogP contribution in [0.2, 0.25) is 0 Å². The number of rotatable bonds is 3. The van der Waals surface area contributed by atoms with E-state index in [9.17, 15) is 18.4 Å². The minimum atomic E-state index is -0.674. The standard InChI is InChI=1S/C20H22F2N4O2/c1-13(27)26-7-5-18(6-8-26)25(2)20(28)24-17-3-4-19(23-12-17)14-9-15(21)11-16(22)10-14/h3-4,9-12,18H,5-8H2,1-2H3,(H,24,28). The van der Waals surface area contributed by atoms with Gasteiger partial charge >= 0.3 is 6.03 Å². The minimum Gasteiger partial charge on any atom is -0.343 e. The molecule has 6 nitrogen and oxygen atoms in total. The van der Waals surface area contributed by atoms with Gasteiger partial charge in [0.05, 0.1) is 17.6 Å². The summed E-state index contributed by atoms with van der Waals surface area (Å²) in [5.74, 6) is -1.30. The first-order valence-corrected chi connectivity index (χ1v) is 9.05. The van der Waals surface area contributed by atoms with E-state index >= 15 is 0 Å². The summed E-state index contributed by atoms with van der Waals surface area (Å²) < 4.78 is 26.7. The molecular weight excluding hydrogens is 366 g/mol. The summed E-state index contributed by atoms with van der Waals surface area (Å²) >= 11 is 0. The van der Waals surface area contributed by atoms with Gasteiger partial charge in [-0.1, -0.05) is 0 Å². The third kappa shape index (κ3) is 4.62. The molecule has 1 aliphatic rings. The van der Waals surface area contributed by atoms with Gasteiger partial charge < -0.3 is 15.1 Å². The van der Waals surface area contributed by atoms with Crippen LogP contribution in [0.4, 0.5) is 19.3 Å². The number of likely N-dealkylation sites (tertiary alicyclic amines) is 1. The SMILES string of the molecule is CC(=O)N1CCC(N(C)C(=O)Nc2ccc(-c3cc(F)cc(F)c3)nc2)CC1. The van der Waals surface area contributed by atoms with Crippen LogP contribution in [0, 0.1) is 11.6 Å². The normalized spacial score (nSPS) is 14.6. The number of aromatic nitrogens is 1. The summed E-state index contributed by atoms with van der Waals surface area (Å²) in [4.78, 5) is 31.5. The second kappa shape index (κ2) is 8.33. The summed E-state index contributed by atoms with van der Waals surface area (Å²) in [5.41, 5.74) is 1.21. The summed E-state index contributed by atoms with van der Waals surface area (Å²) in [7, 11) is 1.72. The fraction of sp³-hybridized carbons (Fsp3) is 0.350. The van der Waals surface area contributed by atoms with Crippen molar-refractivity contribution >= 4 is 17.6 Å². The predicted molar refractivity (Wildman–Crippen MR) is 102 cm³/mol. The van der Waals surface area contributed by atoms with Crippen molar-refractivity contribution < 1.29 is 18.4 Å². The van der Waals surface area contributed by atoms with Gasteiger partial charge in [-0.25, -0.2) is 13.6 Å². The first-order valence-electron chi connectivity index (χ1n) is 9.05. The Bertz CT molecular complexity index is 845. The lowest BCUT2D eigenvalue weighted by atomic mass is 10.0. The number of piperidine rings is 1. The maximum atomic E-state index is 13.3. The zero-order valence-corrected chi connectivity index (χ0v) is 15.8. The molecule has 0 bridgehead atoms. The predicted octanol–water partition coefficient (Wildman–Crippen LogP) is 3.50. The number of nitrogens with one attached hydrogen (secondary N) is 1. The number of benzene rings is 1. The second-order valence-electron chi connectivity index (χ2n) is 6.87. The van der Waals surface area contributed by atoms with E-state index in [0.29, 0.717) is 30.0 Å². The van der Waals surface area contributed by atoms with E-state index in [-0.39, 0.29) is 18.0 Å². The number of amides is 3. The average Bonchev–Trinajstić information content (AvgIpc) is 2.67. The van der Waals surface area contributed by atoms with Crippen molar-refractivity contribution in [1.82, 2.24) is 14.8 Å². The Morgan fingerprint density at radius 3 is 2.32 bits per heavy atom. The topological polar surface area (TPSA) is 65.5 Å². The molecule has 1 N–H and O–H groups in total. The average molecular weight is 388 g/mol. The zero-order chi connectivity index (χ0) is 20.3. The number of anilines is 1. The molecule has 8 heteroatoms. The number of hydrogen-bond donors (Lipinski definition) is 1. The lowest BCUT2D eigenvalue weighted by Crippen LogP contribution is -2.47. The number of halogens is 2. The fourth-order valence-electron chi connectivity index (χ4n) is 3.29. The molecule has 28 heavy (non-hydrogen) atoms. The maximum Gasteiger partial charge on any atom is 0.321 e. The van der Waals surface area contributed by atoms with Crippen LogP contribution in [-0.4, -0.2) is 52.9 Å². The lowest BCUT2D eigenvalue weighted by Gasteiger charge is -2.36. The molecule has 1 fully saturated rings. The summed E-state index contributed by atoms with van der Waals surface area (Å²) in [6.07, 6.45) is 2.90. The molecular formula is C20H22F2N4O2. The summed E-state index contributed by atoms with van der Waals surface area (Å²) in [6, 6.07) is 6.21. The maximum absolute atomic E-state index is 13.3. The Morgan fingerprint density at radius 2 is 1.79 bits per heavy atom. The fourth-order valence-corrected chi connectivity index (χ4v) is 3.29. The van der Waals surface area contributed by atoms with Crippen LogP contribution >= 0.6 is 0 Å². The van der Waals surface area contributed by atoms with Gasteiger partial charge in [0.2, 0.25) is 5.91 Å². The molecule has 0 spiro atoms. The Labute approximate surface area is 162 Å². The van der Waals surface area contributed by atoms with Crippen LogP contribution < -0.4 is 5.32 Å². The van der Waals surface area contributed by atoms with Crippen LogP contribution in [0.5, 0.6) is 0 Å². The lowest BCUT2D eigenvalue weighted by molar-refractivity contribution is -0.130. The highest BCUT2D eigenvalue weighted by molar-refractivity contribution is 5.89. The molecule has 0 aliphatic carbocycles. The van der Waals surface area contributed by atoms with Gasteiger partial charge in [-0.05, 0) is 37.1 Å². The molecule has 1 aromatic heterocycles. The van der Waals surface area contributed by atoms with Crippen molar-refractivity contribution in [1.29, 1.82) is 0 Å². The van der Waals surface area contributed by atoms with Crippen molar-refractivity contribution in [3.8, 4) is 11.3 Å². The van der Waals surface area contributed by atoms with Crippen LogP contribution in [-0.2, 0) is 4.79 Å². The van der Waals surface area contributed by atoms with Crippen molar-refractivity contribution in [2.75, 3.05) is 25.5 Å². The van der Waals surface area contributed by atoms with Gasteiger partial charge in [0.1, 0.15) is 11.6 Å². The second-order valence-corrected chi connectivity index (χ2v) is 6.87. The molecule has 1 aromatic carbocycles. The van der Waals surface area contributed by atoms with Gasteiger partial charge in [-0.15, -0.1) is 0 Å². The zero-order valence-electron chi connectivity index (χ0n) is 15.8. The molecule has 1 aliphatic heterocycles. The molecule has 3 amide bonds. The molecule has 0 unspecified atom stereocenters. The Morgan fingerprint density at radius 1 is 1.14 bits per heavy atom. The Balaban J connectivity index is 1.60. The quantitative estimate of drug-likeness (QED) is 0.875. The number of nitrogens with zero attached hydrogens (tertiary/aromatic N) is 3. The van der Waals surface area contributed by atoms with Crippen LogP contribution in [0.15, 0.2) is 36.5 Å². The highest BCUT2D eigenvalue weighted by Crippen LogP contribution is 2.22. The van der Waals surface area contributed by atoms with Crippen molar-refractivity contribution in [2.24, 2.45) is 0 Å². The van der Waals surface area contributed by atoms with E-state index < -0.39 is 11.6 Å². The molecule has 2 heterocycles. The summed E-state index contributed by atoms with van der Waals surface area (Å²) in [6.45, 7) is 2.82. The molecule has 148 valence electrons. The number of hydrogen-bond acceptors (Lipinski definition) is 3. The molecule has 0 atom stereocenters. The Kier molecular flexibility index (Phi) is 5.87. The smallest absolute Gasteiger partial charge is 0.321 e. The van der Waals surface area contributed by atoms with E-state index in [0.717, 1.165) is 18.9 Å². The molecule has 0 radical (unpaired) electrons. The summed E-state index contributed by atoms with van der Waals surface area (Å²) in [5, 5.41) is 2.77. The monoisotopic (exact) mass is 388 g/mol. The first kappa shape index (κ1) is 19.7. The minimum absolute atomic E-state index is 0.0508. The highest BCUT2D eigenvalue weighted by Gasteiger charge is 2.26. The largest absolute Gasteiger partial charge is 0.343 e. The third-order valence-corrected chi connectivity index (χ3v) is 4.95. The number of urea groups is 1. The van der Waals surface area contributed by atoms with Crippen molar-refractivity contribution in [3.05, 3.63) is 48.2 Å². The van der Waals surface area contributed by atoms with Crippen LogP contribution in [0.25, 0.3) is 11.3 Å². The molecule has 1 saturated heterocycles. The van der Waals surface area contributed by atoms with Gasteiger partial charge in [0.15, 0.2) is 0 Å². The van der Waals surface area contributed by atoms with E-state index in [1.165, 1.54) is 18.3 Å². The Hall–Kier alpha value is -3.03. The third-order valence-electron chi connectivity index (χ3n) is 4.95. The van der Waals surface area contributed by atoms with Crippen molar-refractivity contribution in [2.45, 2.75) is 25.8 Å².